The Morgan fingerprint density at radius 1 is 1.11 bits per heavy atom. The smallest absolute Gasteiger partial charge is 0.0260 e. The Morgan fingerprint density at radius 2 is 1.67 bits per heavy atom. The summed E-state index contributed by atoms with van der Waals surface area (Å²) >= 11 is 0. The maximum Gasteiger partial charge on any atom is 0.0260 e. The molecule has 1 heterocycles. The molecule has 1 aliphatic rings. The van der Waals surface area contributed by atoms with Gasteiger partial charge in [0, 0.05) is 19.1 Å². The van der Waals surface area contributed by atoms with E-state index in [-0.39, 0.29) is 12.4 Å². The highest BCUT2D eigenvalue weighted by Gasteiger charge is 2.03. The van der Waals surface area contributed by atoms with Crippen molar-refractivity contribution in [2.75, 3.05) is 13.1 Å². The second-order valence-electron chi connectivity index (χ2n) is 2.18. The second-order valence-corrected chi connectivity index (χ2v) is 2.18. The first-order valence-corrected chi connectivity index (χ1v) is 3.14. The van der Waals surface area contributed by atoms with E-state index in [4.69, 9.17) is 6.42 Å². The fourth-order valence-corrected chi connectivity index (χ4v) is 1.02. The summed E-state index contributed by atoms with van der Waals surface area (Å²) in [5, 5.41) is 0. The summed E-state index contributed by atoms with van der Waals surface area (Å²) in [7, 11) is 0. The topological polar surface area (TPSA) is 3.24 Å². The minimum atomic E-state index is 0. The number of rotatable bonds is 0. The number of halogens is 1. The fourth-order valence-electron chi connectivity index (χ4n) is 1.02. The van der Waals surface area contributed by atoms with Crippen LogP contribution >= 0.6 is 12.4 Å². The standard InChI is InChI=1S/C7H11N.ClH/c1-2-8-6-4-3-5-7-8;/h1H,3-7H2;1H. The predicted octanol–water partition coefficient (Wildman–Crippen LogP) is 1.48. The molecule has 2 heteroatoms. The van der Waals surface area contributed by atoms with E-state index in [1.54, 1.807) is 0 Å². The van der Waals surface area contributed by atoms with Crippen molar-refractivity contribution in [1.29, 1.82) is 0 Å². The molecule has 1 nitrogen and oxygen atoms in total. The van der Waals surface area contributed by atoms with Gasteiger partial charge in [0.2, 0.25) is 0 Å². The van der Waals surface area contributed by atoms with E-state index >= 15 is 0 Å². The Hall–Kier alpha value is -0.350. The zero-order valence-corrected chi connectivity index (χ0v) is 6.28. The summed E-state index contributed by atoms with van der Waals surface area (Å²) in [5.74, 6) is 0. The number of likely N-dealkylation sites (tertiary alicyclic amines) is 1. The molecule has 9 heavy (non-hydrogen) atoms. The minimum absolute atomic E-state index is 0. The van der Waals surface area contributed by atoms with Crippen molar-refractivity contribution in [2.24, 2.45) is 0 Å². The van der Waals surface area contributed by atoms with Gasteiger partial charge in [-0.05, 0) is 19.3 Å². The van der Waals surface area contributed by atoms with E-state index < -0.39 is 0 Å². The van der Waals surface area contributed by atoms with Crippen LogP contribution in [0.4, 0.5) is 0 Å². The van der Waals surface area contributed by atoms with Crippen molar-refractivity contribution < 1.29 is 0 Å². The monoisotopic (exact) mass is 145 g/mol. The van der Waals surface area contributed by atoms with Crippen LogP contribution in [-0.2, 0) is 0 Å². The highest BCUT2D eigenvalue weighted by Crippen LogP contribution is 2.05. The van der Waals surface area contributed by atoms with Crippen LogP contribution in [0.1, 0.15) is 19.3 Å². The molecule has 0 N–H and O–H groups in total. The average Bonchev–Trinajstić information content (AvgIpc) is 1.90. The number of piperidine rings is 1. The summed E-state index contributed by atoms with van der Waals surface area (Å²) in [6.45, 7) is 2.22. The summed E-state index contributed by atoms with van der Waals surface area (Å²) in [5.41, 5.74) is 0. The van der Waals surface area contributed by atoms with Crippen LogP contribution in [0, 0.1) is 12.5 Å². The lowest BCUT2D eigenvalue weighted by atomic mass is 10.1. The quantitative estimate of drug-likeness (QED) is 0.467. The molecular weight excluding hydrogens is 134 g/mol. The van der Waals surface area contributed by atoms with Crippen LogP contribution < -0.4 is 0 Å². The Kier molecular flexibility index (Phi) is 4.35. The van der Waals surface area contributed by atoms with Gasteiger partial charge in [0.15, 0.2) is 0 Å². The van der Waals surface area contributed by atoms with Crippen molar-refractivity contribution in [3.63, 3.8) is 0 Å². The van der Waals surface area contributed by atoms with Gasteiger partial charge in [-0.2, -0.15) is 0 Å². The Balaban J connectivity index is 0.000000640. The van der Waals surface area contributed by atoms with Crippen LogP contribution in [0.25, 0.3) is 0 Å². The number of hydrogen-bond donors (Lipinski definition) is 0. The molecule has 0 aromatic heterocycles. The van der Waals surface area contributed by atoms with Gasteiger partial charge in [-0.25, -0.2) is 0 Å². The van der Waals surface area contributed by atoms with Crippen LogP contribution in [-0.4, -0.2) is 18.0 Å². The largest absolute Gasteiger partial charge is 0.333 e. The highest BCUT2D eigenvalue weighted by atomic mass is 35.5. The summed E-state index contributed by atoms with van der Waals surface area (Å²) < 4.78 is 0. The number of nitrogens with zero attached hydrogens (tertiary/aromatic N) is 1. The molecule has 0 amide bonds. The van der Waals surface area contributed by atoms with Crippen LogP contribution in [0.15, 0.2) is 0 Å². The number of hydrogen-bond acceptors (Lipinski definition) is 1. The van der Waals surface area contributed by atoms with Crippen molar-refractivity contribution in [1.82, 2.24) is 4.90 Å². The van der Waals surface area contributed by atoms with Gasteiger partial charge in [-0.15, -0.1) is 12.4 Å². The normalized spacial score (nSPS) is 17.9. The van der Waals surface area contributed by atoms with Gasteiger partial charge in [0.05, 0.1) is 0 Å². The molecule has 0 aliphatic carbocycles. The first kappa shape index (κ1) is 8.65. The molecule has 0 radical (unpaired) electrons. The minimum Gasteiger partial charge on any atom is -0.333 e. The fraction of sp³-hybridized carbons (Fsp3) is 0.714. The van der Waals surface area contributed by atoms with Crippen molar-refractivity contribution >= 4 is 12.4 Å². The SMILES string of the molecule is C#CN1CCCCC1.Cl. The molecule has 1 rings (SSSR count). The molecule has 0 unspecified atom stereocenters. The van der Waals surface area contributed by atoms with Gasteiger partial charge >= 0.3 is 0 Å². The lowest BCUT2D eigenvalue weighted by Crippen LogP contribution is -2.24. The first-order chi connectivity index (χ1) is 3.93. The van der Waals surface area contributed by atoms with Crippen molar-refractivity contribution in [3.8, 4) is 12.5 Å². The first-order valence-electron chi connectivity index (χ1n) is 3.14. The van der Waals surface area contributed by atoms with Crippen LogP contribution in [0.2, 0.25) is 0 Å². The van der Waals surface area contributed by atoms with Gasteiger partial charge in [0.25, 0.3) is 0 Å². The maximum absolute atomic E-state index is 5.18. The molecular formula is C7H12ClN. The molecule has 0 spiro atoms. The molecule has 0 aromatic rings. The third kappa shape index (κ3) is 2.62. The summed E-state index contributed by atoms with van der Waals surface area (Å²) in [4.78, 5) is 2.05. The Morgan fingerprint density at radius 3 is 2.00 bits per heavy atom. The van der Waals surface area contributed by atoms with E-state index in [9.17, 15) is 0 Å². The Bertz CT molecular complexity index is 100.0. The highest BCUT2D eigenvalue weighted by molar-refractivity contribution is 5.85. The summed E-state index contributed by atoms with van der Waals surface area (Å²) in [6.07, 6.45) is 9.10. The van der Waals surface area contributed by atoms with E-state index in [1.807, 2.05) is 4.90 Å². The van der Waals surface area contributed by atoms with Crippen LogP contribution in [0.5, 0.6) is 0 Å². The maximum atomic E-state index is 5.18. The van der Waals surface area contributed by atoms with Crippen molar-refractivity contribution in [2.45, 2.75) is 19.3 Å². The average molecular weight is 146 g/mol. The van der Waals surface area contributed by atoms with E-state index in [0.717, 1.165) is 13.1 Å². The lowest BCUT2D eigenvalue weighted by Gasteiger charge is -2.21. The molecule has 1 fully saturated rings. The molecule has 0 bridgehead atoms. The Labute approximate surface area is 62.8 Å². The molecule has 1 aliphatic heterocycles. The van der Waals surface area contributed by atoms with Crippen LogP contribution in [0.3, 0.4) is 0 Å². The zero-order chi connectivity index (χ0) is 5.82. The summed E-state index contributed by atoms with van der Waals surface area (Å²) in [6, 6.07) is 2.64. The van der Waals surface area contributed by atoms with Gasteiger partial charge in [-0.3, -0.25) is 0 Å². The third-order valence-electron chi connectivity index (χ3n) is 1.54. The van der Waals surface area contributed by atoms with Gasteiger partial charge in [-0.1, -0.05) is 6.42 Å². The molecule has 0 saturated carbocycles. The van der Waals surface area contributed by atoms with Crippen molar-refractivity contribution in [3.05, 3.63) is 0 Å². The van der Waals surface area contributed by atoms with Gasteiger partial charge < -0.3 is 4.90 Å². The molecule has 0 atom stereocenters. The van der Waals surface area contributed by atoms with E-state index in [2.05, 4.69) is 6.04 Å². The third-order valence-corrected chi connectivity index (χ3v) is 1.54. The van der Waals surface area contributed by atoms with Gasteiger partial charge in [0.1, 0.15) is 0 Å². The zero-order valence-electron chi connectivity index (χ0n) is 5.47. The van der Waals surface area contributed by atoms with E-state index in [1.165, 1.54) is 19.3 Å². The lowest BCUT2D eigenvalue weighted by molar-refractivity contribution is 0.327. The molecule has 0 aromatic carbocycles. The molecule has 52 valence electrons. The van der Waals surface area contributed by atoms with E-state index in [0.29, 0.717) is 0 Å². The number of terminal acetylenes is 1. The predicted molar refractivity (Wildman–Crippen MR) is 41.5 cm³/mol. The molecule has 1 saturated heterocycles. The second kappa shape index (κ2) is 4.52.